The molecule has 10 nitrogen and oxygen atoms in total. The van der Waals surface area contributed by atoms with Gasteiger partial charge >= 0.3 is 6.09 Å². The van der Waals surface area contributed by atoms with Crippen molar-refractivity contribution in [3.05, 3.63) is 52.6 Å². The second-order valence-corrected chi connectivity index (χ2v) is 14.4. The minimum atomic E-state index is -4.02. The van der Waals surface area contributed by atoms with Gasteiger partial charge in [-0.1, -0.05) is 42.5 Å². The number of nitrogens with one attached hydrogen (secondary N) is 4. The summed E-state index contributed by atoms with van der Waals surface area (Å²) in [5.41, 5.74) is 0.156. The molecule has 0 aliphatic carbocycles. The van der Waals surface area contributed by atoms with Crippen molar-refractivity contribution in [1.29, 1.82) is 0 Å². The molecule has 3 rings (SSSR count). The van der Waals surface area contributed by atoms with Crippen molar-refractivity contribution in [2.75, 3.05) is 17.8 Å². The third-order valence-corrected chi connectivity index (χ3v) is 9.21. The lowest BCUT2D eigenvalue weighted by Crippen LogP contribution is -2.32. The monoisotopic (exact) mass is 632 g/mol. The molecule has 0 spiro atoms. The molecule has 0 bridgehead atoms. The number of alkyl carbamates (subject to hydrolysis) is 1. The van der Waals surface area contributed by atoms with Crippen molar-refractivity contribution in [2.24, 2.45) is 0 Å². The molecule has 0 aliphatic rings. The molecule has 0 unspecified atom stereocenters. The molecule has 0 saturated heterocycles. The second-order valence-electron chi connectivity index (χ2n) is 10.2. The Labute approximate surface area is 245 Å². The van der Waals surface area contributed by atoms with Crippen LogP contribution in [-0.4, -0.2) is 46.6 Å². The zero-order chi connectivity index (χ0) is 29.6. The Morgan fingerprint density at radius 1 is 0.825 bits per heavy atom. The standard InChI is InChI=1S/C26H34Cl2N4O6S2/c1-26(2,3)38-25(33)29-15-7-5-4-6-8-16-31-39(34,35)18-9-11-19(12-10-18)40(36,37)32-22-14-13-20(27)23-21(28)17-30-24(22)23/h9-14,17,30-32H,4-8,15-16H2,1-3H3,(H,29,33). The quantitative estimate of drug-likeness (QED) is 0.169. The van der Waals surface area contributed by atoms with Crippen LogP contribution in [0.25, 0.3) is 10.9 Å². The molecule has 220 valence electrons. The van der Waals surface area contributed by atoms with Gasteiger partial charge in [-0.05, 0) is 70.0 Å². The van der Waals surface area contributed by atoms with Gasteiger partial charge in [0, 0.05) is 24.7 Å². The van der Waals surface area contributed by atoms with Gasteiger partial charge in [-0.2, -0.15) is 0 Å². The number of aromatic amines is 1. The fraction of sp³-hybridized carbons (Fsp3) is 0.423. The Bertz CT molecular complexity index is 1530. The number of carbonyl (C=O) groups is 1. The van der Waals surface area contributed by atoms with Gasteiger partial charge in [0.15, 0.2) is 0 Å². The van der Waals surface area contributed by atoms with Gasteiger partial charge in [0.1, 0.15) is 5.60 Å². The highest BCUT2D eigenvalue weighted by atomic mass is 35.5. The molecular formula is C26H34Cl2N4O6S2. The van der Waals surface area contributed by atoms with Crippen molar-refractivity contribution in [3.63, 3.8) is 0 Å². The highest BCUT2D eigenvalue weighted by molar-refractivity contribution is 7.92. The van der Waals surface area contributed by atoms with Gasteiger partial charge in [-0.3, -0.25) is 4.72 Å². The number of rotatable bonds is 13. The van der Waals surface area contributed by atoms with E-state index in [0.29, 0.717) is 33.9 Å². The van der Waals surface area contributed by atoms with E-state index in [2.05, 4.69) is 19.7 Å². The van der Waals surface area contributed by atoms with Crippen LogP contribution >= 0.6 is 23.2 Å². The number of fused-ring (bicyclic) bond motifs is 1. The number of hydrogen-bond donors (Lipinski definition) is 4. The number of ether oxygens (including phenoxy) is 1. The minimum absolute atomic E-state index is 0.0373. The van der Waals surface area contributed by atoms with Crippen LogP contribution < -0.4 is 14.8 Å². The summed E-state index contributed by atoms with van der Waals surface area (Å²) in [6, 6.07) is 8.01. The van der Waals surface area contributed by atoms with E-state index in [1.807, 2.05) is 0 Å². The van der Waals surface area contributed by atoms with E-state index >= 15 is 0 Å². The lowest BCUT2D eigenvalue weighted by Gasteiger charge is -2.19. The maximum absolute atomic E-state index is 12.9. The van der Waals surface area contributed by atoms with Crippen LogP contribution in [0.4, 0.5) is 10.5 Å². The second kappa shape index (κ2) is 13.4. The zero-order valence-electron chi connectivity index (χ0n) is 22.5. The summed E-state index contributed by atoms with van der Waals surface area (Å²) in [6.07, 6.45) is 5.13. The number of H-pyrrole nitrogens is 1. The number of unbranched alkanes of at least 4 members (excludes halogenated alkanes) is 4. The van der Waals surface area contributed by atoms with Crippen LogP contribution in [0, 0.1) is 0 Å². The number of hydrogen-bond acceptors (Lipinski definition) is 6. The molecule has 1 aromatic heterocycles. The van der Waals surface area contributed by atoms with Gasteiger partial charge in [-0.15, -0.1) is 0 Å². The van der Waals surface area contributed by atoms with Crippen LogP contribution in [0.5, 0.6) is 0 Å². The van der Waals surface area contributed by atoms with Crippen molar-refractivity contribution in [3.8, 4) is 0 Å². The lowest BCUT2D eigenvalue weighted by atomic mass is 10.1. The van der Waals surface area contributed by atoms with E-state index in [-0.39, 0.29) is 22.0 Å². The van der Waals surface area contributed by atoms with Gasteiger partial charge in [0.25, 0.3) is 10.0 Å². The maximum Gasteiger partial charge on any atom is 0.407 e. The largest absolute Gasteiger partial charge is 0.444 e. The van der Waals surface area contributed by atoms with E-state index in [0.717, 1.165) is 25.7 Å². The first kappa shape index (κ1) is 32.0. The van der Waals surface area contributed by atoms with Crippen molar-refractivity contribution >= 4 is 65.9 Å². The van der Waals surface area contributed by atoms with Crippen LogP contribution in [0.2, 0.25) is 10.0 Å². The van der Waals surface area contributed by atoms with Crippen molar-refractivity contribution in [2.45, 2.75) is 68.3 Å². The summed E-state index contributed by atoms with van der Waals surface area (Å²) >= 11 is 12.3. The van der Waals surface area contributed by atoms with Crippen LogP contribution in [0.1, 0.15) is 52.9 Å². The normalized spacial score (nSPS) is 12.4. The Hall–Kier alpha value is -2.51. The summed E-state index contributed by atoms with van der Waals surface area (Å²) in [5, 5.41) is 3.93. The van der Waals surface area contributed by atoms with Gasteiger partial charge in [0.2, 0.25) is 10.0 Å². The van der Waals surface area contributed by atoms with Gasteiger partial charge in [-0.25, -0.2) is 26.4 Å². The first-order valence-corrected chi connectivity index (χ1v) is 16.5. The molecule has 0 saturated carbocycles. The highest BCUT2D eigenvalue weighted by Crippen LogP contribution is 2.35. The summed E-state index contributed by atoms with van der Waals surface area (Å²) in [6.45, 7) is 6.19. The third-order valence-electron chi connectivity index (χ3n) is 5.74. The summed E-state index contributed by atoms with van der Waals surface area (Å²) in [5.74, 6) is 0. The Morgan fingerprint density at radius 2 is 1.40 bits per heavy atom. The average molecular weight is 634 g/mol. The minimum Gasteiger partial charge on any atom is -0.444 e. The fourth-order valence-corrected chi connectivity index (χ4v) is 6.53. The molecule has 14 heteroatoms. The molecule has 3 aromatic rings. The molecule has 0 fully saturated rings. The first-order chi connectivity index (χ1) is 18.7. The molecule has 1 heterocycles. The van der Waals surface area contributed by atoms with E-state index in [1.165, 1.54) is 42.6 Å². The number of halogens is 2. The molecule has 40 heavy (non-hydrogen) atoms. The van der Waals surface area contributed by atoms with E-state index in [9.17, 15) is 21.6 Å². The number of carbonyl (C=O) groups excluding carboxylic acids is 1. The number of sulfonamides is 2. The molecule has 4 N–H and O–H groups in total. The first-order valence-electron chi connectivity index (χ1n) is 12.7. The van der Waals surface area contributed by atoms with Crippen LogP contribution in [0.15, 0.2) is 52.4 Å². The summed E-state index contributed by atoms with van der Waals surface area (Å²) < 4.78 is 61.4. The van der Waals surface area contributed by atoms with Gasteiger partial charge in [0.05, 0.1) is 31.0 Å². The van der Waals surface area contributed by atoms with Crippen LogP contribution in [-0.2, 0) is 24.8 Å². The number of anilines is 1. The molecule has 0 aliphatic heterocycles. The average Bonchev–Trinajstić information content (AvgIpc) is 3.26. The van der Waals surface area contributed by atoms with Crippen molar-refractivity contribution in [1.82, 2.24) is 15.0 Å². The highest BCUT2D eigenvalue weighted by Gasteiger charge is 2.20. The Morgan fingerprint density at radius 3 is 2.02 bits per heavy atom. The molecule has 2 aromatic carbocycles. The number of aromatic nitrogens is 1. The van der Waals surface area contributed by atoms with E-state index in [1.54, 1.807) is 20.8 Å². The molecular weight excluding hydrogens is 599 g/mol. The third kappa shape index (κ3) is 9.00. The molecule has 0 radical (unpaired) electrons. The zero-order valence-corrected chi connectivity index (χ0v) is 25.7. The SMILES string of the molecule is CC(C)(C)OC(=O)NCCCCCCCNS(=O)(=O)c1ccc(S(=O)(=O)Nc2ccc(Cl)c3c(Cl)c[nH]c23)cc1. The summed E-state index contributed by atoms with van der Waals surface area (Å²) in [4.78, 5) is 14.4. The maximum atomic E-state index is 12.9. The lowest BCUT2D eigenvalue weighted by molar-refractivity contribution is 0.0527. The van der Waals surface area contributed by atoms with Crippen molar-refractivity contribution < 1.29 is 26.4 Å². The molecule has 0 atom stereocenters. The fourth-order valence-electron chi connectivity index (χ4n) is 3.83. The van der Waals surface area contributed by atoms with E-state index < -0.39 is 31.7 Å². The Balaban J connectivity index is 1.45. The topological polar surface area (TPSA) is 146 Å². The Kier molecular flexibility index (Phi) is 10.8. The van der Waals surface area contributed by atoms with Gasteiger partial charge < -0.3 is 15.0 Å². The predicted molar refractivity (Wildman–Crippen MR) is 158 cm³/mol. The predicted octanol–water partition coefficient (Wildman–Crippen LogP) is 6.03. The molecule has 1 amide bonds. The van der Waals surface area contributed by atoms with E-state index in [4.69, 9.17) is 27.9 Å². The smallest absolute Gasteiger partial charge is 0.407 e. The summed E-state index contributed by atoms with van der Waals surface area (Å²) in [7, 11) is -7.82. The number of benzene rings is 2. The van der Waals surface area contributed by atoms with Crippen LogP contribution in [0.3, 0.4) is 0 Å². The number of amides is 1.